The quantitative estimate of drug-likeness (QED) is 0.465. The summed E-state index contributed by atoms with van der Waals surface area (Å²) in [5, 5.41) is 19.2. The van der Waals surface area contributed by atoms with Gasteiger partial charge in [-0.05, 0) is 6.07 Å². The van der Waals surface area contributed by atoms with Gasteiger partial charge >= 0.3 is 5.69 Å². The van der Waals surface area contributed by atoms with E-state index in [1.165, 1.54) is 12.3 Å². The Balaban J connectivity index is 2.39. The van der Waals surface area contributed by atoms with Gasteiger partial charge in [-0.25, -0.2) is 9.18 Å². The van der Waals surface area contributed by atoms with Gasteiger partial charge in [-0.2, -0.15) is 4.98 Å². The summed E-state index contributed by atoms with van der Waals surface area (Å²) < 4.78 is 20.6. The topological polar surface area (TPSA) is 111 Å². The van der Waals surface area contributed by atoms with Gasteiger partial charge in [-0.1, -0.05) is 22.6 Å². The summed E-state index contributed by atoms with van der Waals surface area (Å²) >= 11 is 1.88. The fourth-order valence-corrected chi connectivity index (χ4v) is 2.81. The van der Waals surface area contributed by atoms with Crippen molar-refractivity contribution in [3.8, 4) is 0 Å². The molecule has 106 valence electrons. The van der Waals surface area contributed by atoms with E-state index in [-0.39, 0.29) is 10.2 Å². The number of nitrogens with zero attached hydrogens (tertiary/aromatic N) is 2. The summed E-state index contributed by atoms with van der Waals surface area (Å²) in [4.78, 5) is 15.1. The summed E-state index contributed by atoms with van der Waals surface area (Å²) in [7, 11) is 0. The summed E-state index contributed by atoms with van der Waals surface area (Å²) in [5.74, 6) is 0.0116. The minimum atomic E-state index is -1.84. The molecular formula is C10H13FIN3O4. The number of hydrogen-bond acceptors (Lipinski definition) is 6. The highest BCUT2D eigenvalue weighted by Crippen LogP contribution is 2.39. The predicted octanol–water partition coefficient (Wildman–Crippen LogP) is -0.781. The van der Waals surface area contributed by atoms with E-state index >= 15 is 0 Å². The van der Waals surface area contributed by atoms with Crippen molar-refractivity contribution >= 4 is 28.4 Å². The maximum Gasteiger partial charge on any atom is 0.351 e. The van der Waals surface area contributed by atoms with Gasteiger partial charge in [0, 0.05) is 10.6 Å². The smallest absolute Gasteiger partial charge is 0.351 e. The lowest BCUT2D eigenvalue weighted by Crippen LogP contribution is -2.47. The normalized spacial score (nSPS) is 34.6. The van der Waals surface area contributed by atoms with E-state index in [0.717, 1.165) is 4.57 Å². The average molecular weight is 385 g/mol. The lowest BCUT2D eigenvalue weighted by atomic mass is 9.99. The Labute approximate surface area is 121 Å². The van der Waals surface area contributed by atoms with Crippen LogP contribution in [-0.2, 0) is 4.74 Å². The molecule has 0 aliphatic carbocycles. The van der Waals surface area contributed by atoms with Crippen molar-refractivity contribution in [3.05, 3.63) is 22.7 Å². The highest BCUT2D eigenvalue weighted by Gasteiger charge is 2.55. The van der Waals surface area contributed by atoms with E-state index < -0.39 is 36.4 Å². The molecule has 1 aromatic heterocycles. The lowest BCUT2D eigenvalue weighted by Gasteiger charge is -2.27. The molecular weight excluding hydrogens is 372 g/mol. The summed E-state index contributed by atoms with van der Waals surface area (Å²) in [6.45, 7) is -0.550. The fourth-order valence-electron chi connectivity index (χ4n) is 1.93. The molecule has 0 aromatic carbocycles. The van der Waals surface area contributed by atoms with Crippen LogP contribution in [0.4, 0.5) is 10.2 Å². The minimum absolute atomic E-state index is 0.0116. The van der Waals surface area contributed by atoms with Gasteiger partial charge in [0.1, 0.15) is 17.5 Å². The van der Waals surface area contributed by atoms with Crippen LogP contribution in [0.25, 0.3) is 0 Å². The first-order chi connectivity index (χ1) is 8.95. The number of nitrogens with two attached hydrogens (primary N) is 1. The number of aliphatic hydroxyl groups excluding tert-OH is 2. The van der Waals surface area contributed by atoms with Gasteiger partial charge in [0.25, 0.3) is 0 Å². The highest BCUT2D eigenvalue weighted by atomic mass is 127. The third kappa shape index (κ3) is 2.35. The Kier molecular flexibility index (Phi) is 4.08. The number of hydrogen-bond donors (Lipinski definition) is 3. The van der Waals surface area contributed by atoms with Crippen LogP contribution in [0.3, 0.4) is 0 Å². The van der Waals surface area contributed by atoms with E-state index in [0.29, 0.717) is 0 Å². The molecule has 1 fully saturated rings. The molecule has 2 heterocycles. The molecule has 0 amide bonds. The first kappa shape index (κ1) is 14.6. The van der Waals surface area contributed by atoms with E-state index in [2.05, 4.69) is 4.98 Å². The zero-order valence-corrected chi connectivity index (χ0v) is 11.9. The van der Waals surface area contributed by atoms with Crippen molar-refractivity contribution in [2.24, 2.45) is 0 Å². The summed E-state index contributed by atoms with van der Waals surface area (Å²) in [6.07, 6.45) is -3.46. The molecule has 4 N–H and O–H groups in total. The molecule has 0 saturated carbocycles. The Morgan fingerprint density at radius 1 is 1.68 bits per heavy atom. The molecule has 0 radical (unpaired) electrons. The van der Waals surface area contributed by atoms with Gasteiger partial charge < -0.3 is 20.7 Å². The third-order valence-electron chi connectivity index (χ3n) is 3.09. The SMILES string of the molecule is Nc1ccn([C@@H]2O[C@@](CO)(CI)[C@@H](O)[C@@H]2F)c(=O)n1. The van der Waals surface area contributed by atoms with Crippen LogP contribution >= 0.6 is 22.6 Å². The van der Waals surface area contributed by atoms with Crippen LogP contribution in [0, 0.1) is 0 Å². The highest BCUT2D eigenvalue weighted by molar-refractivity contribution is 14.1. The van der Waals surface area contributed by atoms with Crippen molar-refractivity contribution in [2.75, 3.05) is 16.8 Å². The minimum Gasteiger partial charge on any atom is -0.393 e. The first-order valence-corrected chi connectivity index (χ1v) is 6.99. The number of anilines is 1. The van der Waals surface area contributed by atoms with Crippen molar-refractivity contribution < 1.29 is 19.3 Å². The van der Waals surface area contributed by atoms with Crippen LogP contribution in [-0.4, -0.2) is 48.7 Å². The fraction of sp³-hybridized carbons (Fsp3) is 0.600. The average Bonchev–Trinajstić information content (AvgIpc) is 2.64. The van der Waals surface area contributed by atoms with E-state index in [4.69, 9.17) is 10.5 Å². The lowest BCUT2D eigenvalue weighted by molar-refractivity contribution is -0.112. The number of ether oxygens (including phenoxy) is 1. The molecule has 1 aromatic rings. The molecule has 4 atom stereocenters. The third-order valence-corrected chi connectivity index (χ3v) is 4.38. The molecule has 2 rings (SSSR count). The molecule has 0 bridgehead atoms. The molecule has 0 unspecified atom stereocenters. The van der Waals surface area contributed by atoms with Gasteiger partial charge in [0.15, 0.2) is 12.4 Å². The van der Waals surface area contributed by atoms with Crippen molar-refractivity contribution in [3.63, 3.8) is 0 Å². The van der Waals surface area contributed by atoms with Gasteiger partial charge in [0.05, 0.1) is 6.61 Å². The zero-order valence-electron chi connectivity index (χ0n) is 9.74. The van der Waals surface area contributed by atoms with Crippen LogP contribution in [0.1, 0.15) is 6.23 Å². The Morgan fingerprint density at radius 3 is 2.84 bits per heavy atom. The standard InChI is InChI=1S/C10H13FIN3O4/c11-6-7(17)10(3-12,4-16)19-8(6)15-2-1-5(13)14-9(15)18/h1-2,6-8,16-17H,3-4H2,(H2,13,14,18)/t6-,7-,8+,10+/m0/s1. The molecule has 0 spiro atoms. The summed E-state index contributed by atoms with van der Waals surface area (Å²) in [6, 6.07) is 1.33. The van der Waals surface area contributed by atoms with Gasteiger partial charge in [0.2, 0.25) is 0 Å². The number of halogens is 2. The van der Waals surface area contributed by atoms with Crippen LogP contribution in [0.2, 0.25) is 0 Å². The van der Waals surface area contributed by atoms with Crippen molar-refractivity contribution in [1.82, 2.24) is 9.55 Å². The number of alkyl halides is 2. The molecule has 19 heavy (non-hydrogen) atoms. The maximum atomic E-state index is 14.1. The molecule has 1 aliphatic rings. The van der Waals surface area contributed by atoms with E-state index in [9.17, 15) is 19.4 Å². The second-order valence-electron chi connectivity index (χ2n) is 4.30. The van der Waals surface area contributed by atoms with E-state index in [1.807, 2.05) is 22.6 Å². The molecule has 7 nitrogen and oxygen atoms in total. The summed E-state index contributed by atoms with van der Waals surface area (Å²) in [5.41, 5.74) is 3.14. The Hall–Kier alpha value is -0.780. The number of aliphatic hydroxyl groups is 2. The molecule has 1 saturated heterocycles. The van der Waals surface area contributed by atoms with Crippen molar-refractivity contribution in [1.29, 1.82) is 0 Å². The predicted molar refractivity (Wildman–Crippen MR) is 72.6 cm³/mol. The second kappa shape index (κ2) is 5.31. The number of rotatable bonds is 3. The van der Waals surface area contributed by atoms with Crippen LogP contribution in [0.15, 0.2) is 17.1 Å². The van der Waals surface area contributed by atoms with Gasteiger partial charge in [-0.3, -0.25) is 4.57 Å². The number of nitrogen functional groups attached to an aromatic ring is 1. The van der Waals surface area contributed by atoms with Crippen LogP contribution < -0.4 is 11.4 Å². The molecule has 9 heteroatoms. The van der Waals surface area contributed by atoms with Crippen LogP contribution in [0.5, 0.6) is 0 Å². The first-order valence-electron chi connectivity index (χ1n) is 5.46. The second-order valence-corrected chi connectivity index (χ2v) is 5.06. The maximum absolute atomic E-state index is 14.1. The molecule has 1 aliphatic heterocycles. The van der Waals surface area contributed by atoms with E-state index in [1.54, 1.807) is 0 Å². The zero-order chi connectivity index (χ0) is 14.2. The monoisotopic (exact) mass is 385 g/mol. The Bertz CT molecular complexity index is 522. The van der Waals surface area contributed by atoms with Gasteiger partial charge in [-0.15, -0.1) is 0 Å². The number of aromatic nitrogens is 2. The largest absolute Gasteiger partial charge is 0.393 e. The Morgan fingerprint density at radius 2 is 2.37 bits per heavy atom. The van der Waals surface area contributed by atoms with Crippen molar-refractivity contribution in [2.45, 2.75) is 24.1 Å².